The number of hydrogen-bond donors (Lipinski definition) is 1. The average molecular weight is 258 g/mol. The van der Waals surface area contributed by atoms with E-state index in [2.05, 4.69) is 22.9 Å². The van der Waals surface area contributed by atoms with E-state index < -0.39 is 0 Å². The van der Waals surface area contributed by atoms with Crippen LogP contribution < -0.4 is 10.5 Å². The summed E-state index contributed by atoms with van der Waals surface area (Å²) in [5, 5.41) is 0. The lowest BCUT2D eigenvalue weighted by Crippen LogP contribution is -2.18. The summed E-state index contributed by atoms with van der Waals surface area (Å²) < 4.78 is 6.28. The zero-order valence-corrected chi connectivity index (χ0v) is 10.4. The quantitative estimate of drug-likeness (QED) is 0.904. The second-order valence-corrected chi connectivity index (χ2v) is 4.43. The Balaban J connectivity index is 3.07. The highest BCUT2D eigenvalue weighted by Crippen LogP contribution is 2.26. The third-order valence-electron chi connectivity index (χ3n) is 2.20. The maximum absolute atomic E-state index is 5.78. The van der Waals surface area contributed by atoms with Crippen molar-refractivity contribution >= 4 is 15.9 Å². The third-order valence-corrected chi connectivity index (χ3v) is 3.03. The first-order chi connectivity index (χ1) is 6.54. The maximum atomic E-state index is 5.78. The molecule has 0 saturated heterocycles. The van der Waals surface area contributed by atoms with Gasteiger partial charge in [-0.2, -0.15) is 0 Å². The molecule has 78 valence electrons. The zero-order valence-electron chi connectivity index (χ0n) is 8.80. The molecule has 0 aliphatic heterocycles. The van der Waals surface area contributed by atoms with Crippen LogP contribution in [0.15, 0.2) is 16.6 Å². The monoisotopic (exact) mass is 257 g/mol. The number of benzene rings is 1. The van der Waals surface area contributed by atoms with Gasteiger partial charge in [0.15, 0.2) is 0 Å². The van der Waals surface area contributed by atoms with Crippen molar-refractivity contribution in [3.8, 4) is 5.75 Å². The van der Waals surface area contributed by atoms with Crippen molar-refractivity contribution in [2.75, 3.05) is 7.11 Å². The number of ether oxygens (including phenoxy) is 1. The van der Waals surface area contributed by atoms with E-state index >= 15 is 0 Å². The molecular formula is C11H16BrNO. The largest absolute Gasteiger partial charge is 0.497 e. The van der Waals surface area contributed by atoms with E-state index in [1.54, 1.807) is 7.11 Å². The number of hydrogen-bond acceptors (Lipinski definition) is 2. The summed E-state index contributed by atoms with van der Waals surface area (Å²) in [4.78, 5) is 0. The van der Waals surface area contributed by atoms with Crippen molar-refractivity contribution in [3.63, 3.8) is 0 Å². The normalized spacial score (nSPS) is 12.6. The van der Waals surface area contributed by atoms with Crippen molar-refractivity contribution < 1.29 is 4.74 Å². The molecule has 2 N–H and O–H groups in total. The molecule has 0 spiro atoms. The lowest BCUT2D eigenvalue weighted by atomic mass is 10.0. The fraction of sp³-hybridized carbons (Fsp3) is 0.455. The first kappa shape index (κ1) is 11.5. The molecule has 0 amide bonds. The van der Waals surface area contributed by atoms with E-state index in [1.807, 2.05) is 19.1 Å². The lowest BCUT2D eigenvalue weighted by Gasteiger charge is -2.12. The summed E-state index contributed by atoms with van der Waals surface area (Å²) in [6.45, 7) is 4.09. The van der Waals surface area contributed by atoms with Gasteiger partial charge in [-0.3, -0.25) is 0 Å². The molecule has 0 saturated carbocycles. The standard InChI is InChI=1S/C11H16BrNO/c1-7(13)4-9-5-10(14-3)6-11(12)8(9)2/h5-7H,4,13H2,1-3H3. The van der Waals surface area contributed by atoms with E-state index in [0.29, 0.717) is 0 Å². The van der Waals surface area contributed by atoms with E-state index in [-0.39, 0.29) is 6.04 Å². The molecule has 1 aromatic rings. The van der Waals surface area contributed by atoms with Crippen LogP contribution in [-0.2, 0) is 6.42 Å². The van der Waals surface area contributed by atoms with Crippen molar-refractivity contribution in [1.82, 2.24) is 0 Å². The van der Waals surface area contributed by atoms with Crippen LogP contribution >= 0.6 is 15.9 Å². The van der Waals surface area contributed by atoms with Crippen LogP contribution in [0.3, 0.4) is 0 Å². The summed E-state index contributed by atoms with van der Waals surface area (Å²) in [5.74, 6) is 0.873. The highest BCUT2D eigenvalue weighted by molar-refractivity contribution is 9.10. The van der Waals surface area contributed by atoms with Gasteiger partial charge in [0.1, 0.15) is 5.75 Å². The van der Waals surface area contributed by atoms with Crippen molar-refractivity contribution in [2.45, 2.75) is 26.3 Å². The Morgan fingerprint density at radius 2 is 2.14 bits per heavy atom. The zero-order chi connectivity index (χ0) is 10.7. The fourth-order valence-corrected chi connectivity index (χ4v) is 1.87. The predicted octanol–water partition coefficient (Wildman–Crippen LogP) is 2.66. The number of nitrogens with two attached hydrogens (primary N) is 1. The number of methoxy groups -OCH3 is 1. The van der Waals surface area contributed by atoms with Crippen LogP contribution in [-0.4, -0.2) is 13.2 Å². The smallest absolute Gasteiger partial charge is 0.120 e. The third kappa shape index (κ3) is 2.72. The van der Waals surface area contributed by atoms with Gasteiger partial charge in [0.05, 0.1) is 7.11 Å². The Kier molecular flexibility index (Phi) is 3.96. The van der Waals surface area contributed by atoms with Gasteiger partial charge in [-0.15, -0.1) is 0 Å². The Bertz CT molecular complexity index is 323. The Morgan fingerprint density at radius 1 is 1.50 bits per heavy atom. The molecule has 2 nitrogen and oxygen atoms in total. The minimum absolute atomic E-state index is 0.174. The topological polar surface area (TPSA) is 35.2 Å². The molecule has 1 atom stereocenters. The van der Waals surface area contributed by atoms with E-state index in [1.165, 1.54) is 11.1 Å². The summed E-state index contributed by atoms with van der Waals surface area (Å²) >= 11 is 3.51. The van der Waals surface area contributed by atoms with Crippen LogP contribution in [0.25, 0.3) is 0 Å². The van der Waals surface area contributed by atoms with Gasteiger partial charge in [-0.05, 0) is 43.5 Å². The summed E-state index contributed by atoms with van der Waals surface area (Å²) in [5.41, 5.74) is 8.26. The van der Waals surface area contributed by atoms with Crippen molar-refractivity contribution in [3.05, 3.63) is 27.7 Å². The molecule has 14 heavy (non-hydrogen) atoms. The molecule has 3 heteroatoms. The summed E-state index contributed by atoms with van der Waals surface area (Å²) in [7, 11) is 1.67. The van der Waals surface area contributed by atoms with Crippen LogP contribution in [0, 0.1) is 6.92 Å². The van der Waals surface area contributed by atoms with Gasteiger partial charge >= 0.3 is 0 Å². The molecule has 1 rings (SSSR count). The van der Waals surface area contributed by atoms with Gasteiger partial charge in [-0.1, -0.05) is 15.9 Å². The van der Waals surface area contributed by atoms with Crippen molar-refractivity contribution in [1.29, 1.82) is 0 Å². The molecule has 0 bridgehead atoms. The van der Waals surface area contributed by atoms with Crippen LogP contribution in [0.1, 0.15) is 18.1 Å². The Hall–Kier alpha value is -0.540. The van der Waals surface area contributed by atoms with Crippen LogP contribution in [0.4, 0.5) is 0 Å². The summed E-state index contributed by atoms with van der Waals surface area (Å²) in [6.07, 6.45) is 0.877. The second kappa shape index (κ2) is 4.80. The minimum Gasteiger partial charge on any atom is -0.497 e. The lowest BCUT2D eigenvalue weighted by molar-refractivity contribution is 0.413. The minimum atomic E-state index is 0.174. The van der Waals surface area contributed by atoms with Gasteiger partial charge < -0.3 is 10.5 Å². The first-order valence-electron chi connectivity index (χ1n) is 4.63. The van der Waals surface area contributed by atoms with Gasteiger partial charge in [0.2, 0.25) is 0 Å². The van der Waals surface area contributed by atoms with Gasteiger partial charge in [-0.25, -0.2) is 0 Å². The van der Waals surface area contributed by atoms with Crippen LogP contribution in [0.2, 0.25) is 0 Å². The number of rotatable bonds is 3. The molecule has 0 aliphatic carbocycles. The number of halogens is 1. The Morgan fingerprint density at radius 3 is 2.64 bits per heavy atom. The Labute approximate surface area is 93.6 Å². The van der Waals surface area contributed by atoms with E-state index in [9.17, 15) is 0 Å². The fourth-order valence-electron chi connectivity index (χ4n) is 1.38. The van der Waals surface area contributed by atoms with Gasteiger partial charge in [0.25, 0.3) is 0 Å². The molecule has 0 radical (unpaired) electrons. The molecule has 0 aliphatic rings. The van der Waals surface area contributed by atoms with Gasteiger partial charge in [0, 0.05) is 10.5 Å². The first-order valence-corrected chi connectivity index (χ1v) is 5.42. The maximum Gasteiger partial charge on any atom is 0.120 e. The highest BCUT2D eigenvalue weighted by Gasteiger charge is 2.07. The van der Waals surface area contributed by atoms with Crippen LogP contribution in [0.5, 0.6) is 5.75 Å². The van der Waals surface area contributed by atoms with E-state index in [4.69, 9.17) is 10.5 Å². The molecule has 0 fully saturated rings. The second-order valence-electron chi connectivity index (χ2n) is 3.57. The van der Waals surface area contributed by atoms with Crippen molar-refractivity contribution in [2.24, 2.45) is 5.73 Å². The van der Waals surface area contributed by atoms with E-state index in [0.717, 1.165) is 16.6 Å². The highest BCUT2D eigenvalue weighted by atomic mass is 79.9. The molecular weight excluding hydrogens is 242 g/mol. The molecule has 1 unspecified atom stereocenters. The predicted molar refractivity (Wildman–Crippen MR) is 62.8 cm³/mol. The molecule has 1 aromatic carbocycles. The molecule has 0 heterocycles. The average Bonchev–Trinajstić information content (AvgIpc) is 2.11. The summed E-state index contributed by atoms with van der Waals surface area (Å²) in [6, 6.07) is 4.19. The SMILES string of the molecule is COc1cc(Br)c(C)c(CC(C)N)c1. The molecule has 0 aromatic heterocycles.